The van der Waals surface area contributed by atoms with E-state index in [0.29, 0.717) is 11.3 Å². The van der Waals surface area contributed by atoms with Crippen LogP contribution in [-0.4, -0.2) is 12.6 Å². The van der Waals surface area contributed by atoms with E-state index in [1.54, 1.807) is 6.92 Å². The molecule has 0 heterocycles. The molecule has 2 aromatic rings. The monoisotopic (exact) mass is 369 g/mol. The Labute approximate surface area is 149 Å². The average molecular weight is 369 g/mol. The summed E-state index contributed by atoms with van der Waals surface area (Å²) < 4.78 is 57.6. The number of nitrogens with one attached hydrogen (secondary N) is 1. The predicted molar refractivity (Wildman–Crippen MR) is 91.2 cm³/mol. The maximum atomic E-state index is 13.5. The second-order valence-corrected chi connectivity index (χ2v) is 5.99. The van der Waals surface area contributed by atoms with Crippen LogP contribution in [0.3, 0.4) is 0 Å². The first-order valence-electron chi connectivity index (χ1n) is 8.08. The maximum Gasteiger partial charge on any atom is 0.416 e. The molecule has 140 valence electrons. The number of anilines is 2. The highest BCUT2D eigenvalue weighted by Crippen LogP contribution is 2.35. The fourth-order valence-electron chi connectivity index (χ4n) is 2.48. The van der Waals surface area contributed by atoms with Crippen molar-refractivity contribution in [3.63, 3.8) is 0 Å². The van der Waals surface area contributed by atoms with Gasteiger partial charge in [0, 0.05) is 5.69 Å². The number of carbonyl (C=O) groups is 1. The summed E-state index contributed by atoms with van der Waals surface area (Å²) in [7, 11) is 0. The predicted octanol–water partition coefficient (Wildman–Crippen LogP) is 5.89. The highest BCUT2D eigenvalue weighted by molar-refractivity contribution is 5.97. The number of hydrogen-bond acceptors (Lipinski definition) is 3. The molecule has 0 atom stereocenters. The van der Waals surface area contributed by atoms with Gasteiger partial charge in [-0.1, -0.05) is 13.8 Å². The zero-order valence-corrected chi connectivity index (χ0v) is 14.6. The van der Waals surface area contributed by atoms with Crippen LogP contribution >= 0.6 is 0 Å². The molecule has 0 amide bonds. The summed E-state index contributed by atoms with van der Waals surface area (Å²) in [6, 6.07) is 6.68. The Bertz CT molecular complexity index is 801. The standard InChI is InChI=1S/C19H19F4NO2/c1-4-26-18(25)14-7-5-12(19(21,22)23)9-17(14)24-16-8-6-13(20)10-15(16)11(2)3/h5-11,24H,4H2,1-3H3. The van der Waals surface area contributed by atoms with Gasteiger partial charge in [-0.05, 0) is 54.8 Å². The first-order valence-corrected chi connectivity index (χ1v) is 8.08. The summed E-state index contributed by atoms with van der Waals surface area (Å²) in [5, 5.41) is 2.83. The van der Waals surface area contributed by atoms with Crippen molar-refractivity contribution in [2.45, 2.75) is 32.9 Å². The molecule has 2 aromatic carbocycles. The summed E-state index contributed by atoms with van der Waals surface area (Å²) in [5.74, 6) is -1.27. The number of alkyl halides is 3. The lowest BCUT2D eigenvalue weighted by molar-refractivity contribution is -0.137. The Morgan fingerprint density at radius 3 is 2.38 bits per heavy atom. The van der Waals surface area contributed by atoms with Crippen LogP contribution in [0.4, 0.5) is 28.9 Å². The molecule has 0 aliphatic carbocycles. The van der Waals surface area contributed by atoms with E-state index in [1.807, 2.05) is 13.8 Å². The topological polar surface area (TPSA) is 38.3 Å². The number of ether oxygens (including phenoxy) is 1. The Morgan fingerprint density at radius 1 is 1.12 bits per heavy atom. The lowest BCUT2D eigenvalue weighted by Crippen LogP contribution is -2.12. The Balaban J connectivity index is 2.54. The molecule has 0 aromatic heterocycles. The van der Waals surface area contributed by atoms with E-state index in [0.717, 1.165) is 18.2 Å². The summed E-state index contributed by atoms with van der Waals surface area (Å²) >= 11 is 0. The number of carbonyl (C=O) groups excluding carboxylic acids is 1. The molecule has 0 radical (unpaired) electrons. The first kappa shape index (κ1) is 19.8. The van der Waals surface area contributed by atoms with Crippen molar-refractivity contribution in [3.05, 3.63) is 58.9 Å². The van der Waals surface area contributed by atoms with E-state index in [4.69, 9.17) is 4.74 Å². The fraction of sp³-hybridized carbons (Fsp3) is 0.316. The smallest absolute Gasteiger partial charge is 0.416 e. The second kappa shape index (κ2) is 7.76. The molecular weight excluding hydrogens is 350 g/mol. The molecule has 0 spiro atoms. The van der Waals surface area contributed by atoms with Gasteiger partial charge in [-0.2, -0.15) is 13.2 Å². The zero-order valence-electron chi connectivity index (χ0n) is 14.6. The van der Waals surface area contributed by atoms with E-state index >= 15 is 0 Å². The SMILES string of the molecule is CCOC(=O)c1ccc(C(F)(F)F)cc1Nc1ccc(F)cc1C(C)C. The summed E-state index contributed by atoms with van der Waals surface area (Å²) in [5.41, 5.74) is 0.0235. The molecular formula is C19H19F4NO2. The second-order valence-electron chi connectivity index (χ2n) is 5.99. The van der Waals surface area contributed by atoms with Crippen LogP contribution in [0.15, 0.2) is 36.4 Å². The van der Waals surface area contributed by atoms with Gasteiger partial charge < -0.3 is 10.1 Å². The summed E-state index contributed by atoms with van der Waals surface area (Å²) in [6.45, 7) is 5.36. The van der Waals surface area contributed by atoms with Gasteiger partial charge in [0.15, 0.2) is 0 Å². The van der Waals surface area contributed by atoms with Gasteiger partial charge in [-0.25, -0.2) is 9.18 Å². The van der Waals surface area contributed by atoms with Crippen LogP contribution in [0, 0.1) is 5.82 Å². The van der Waals surface area contributed by atoms with E-state index in [-0.39, 0.29) is 23.8 Å². The molecule has 0 saturated carbocycles. The highest BCUT2D eigenvalue weighted by atomic mass is 19.4. The summed E-state index contributed by atoms with van der Waals surface area (Å²) in [4.78, 5) is 12.1. The first-order chi connectivity index (χ1) is 12.1. The van der Waals surface area contributed by atoms with E-state index in [1.165, 1.54) is 18.2 Å². The van der Waals surface area contributed by atoms with Crippen molar-refractivity contribution in [1.82, 2.24) is 0 Å². The van der Waals surface area contributed by atoms with Crippen molar-refractivity contribution < 1.29 is 27.1 Å². The number of benzene rings is 2. The van der Waals surface area contributed by atoms with E-state index < -0.39 is 23.5 Å². The largest absolute Gasteiger partial charge is 0.462 e. The van der Waals surface area contributed by atoms with E-state index in [9.17, 15) is 22.4 Å². The van der Waals surface area contributed by atoms with Crippen LogP contribution in [0.25, 0.3) is 0 Å². The third-order valence-electron chi connectivity index (χ3n) is 3.75. The molecule has 7 heteroatoms. The molecule has 0 aliphatic heterocycles. The minimum atomic E-state index is -4.56. The molecule has 0 saturated heterocycles. The van der Waals surface area contributed by atoms with Crippen molar-refractivity contribution >= 4 is 17.3 Å². The van der Waals surface area contributed by atoms with E-state index in [2.05, 4.69) is 5.32 Å². The van der Waals surface area contributed by atoms with Crippen LogP contribution in [0.2, 0.25) is 0 Å². The normalized spacial score (nSPS) is 11.5. The van der Waals surface area contributed by atoms with Crippen molar-refractivity contribution in [2.24, 2.45) is 0 Å². The molecule has 26 heavy (non-hydrogen) atoms. The van der Waals surface area contributed by atoms with Gasteiger partial charge in [-0.15, -0.1) is 0 Å². The lowest BCUT2D eigenvalue weighted by Gasteiger charge is -2.18. The van der Waals surface area contributed by atoms with Crippen LogP contribution < -0.4 is 5.32 Å². The average Bonchev–Trinajstić information content (AvgIpc) is 2.55. The molecule has 3 nitrogen and oxygen atoms in total. The minimum absolute atomic E-state index is 0.0288. The number of hydrogen-bond donors (Lipinski definition) is 1. The molecule has 0 bridgehead atoms. The zero-order chi connectivity index (χ0) is 19.5. The third kappa shape index (κ3) is 4.53. The maximum absolute atomic E-state index is 13.5. The van der Waals surface area contributed by atoms with Crippen molar-refractivity contribution in [3.8, 4) is 0 Å². The third-order valence-corrected chi connectivity index (χ3v) is 3.75. The summed E-state index contributed by atoms with van der Waals surface area (Å²) in [6.07, 6.45) is -4.56. The van der Waals surface area contributed by atoms with Gasteiger partial charge >= 0.3 is 12.1 Å². The highest BCUT2D eigenvalue weighted by Gasteiger charge is 2.32. The van der Waals surface area contributed by atoms with Gasteiger partial charge in [-0.3, -0.25) is 0 Å². The Hall–Kier alpha value is -2.57. The quantitative estimate of drug-likeness (QED) is 0.528. The molecule has 1 N–H and O–H groups in total. The molecule has 0 fully saturated rings. The fourth-order valence-corrected chi connectivity index (χ4v) is 2.48. The minimum Gasteiger partial charge on any atom is -0.462 e. The Kier molecular flexibility index (Phi) is 5.90. The number of esters is 1. The van der Waals surface area contributed by atoms with Crippen LogP contribution in [0.1, 0.15) is 48.2 Å². The molecule has 0 unspecified atom stereocenters. The number of rotatable bonds is 5. The Morgan fingerprint density at radius 2 is 1.81 bits per heavy atom. The lowest BCUT2D eigenvalue weighted by atomic mass is 10.00. The van der Waals surface area contributed by atoms with Crippen molar-refractivity contribution in [2.75, 3.05) is 11.9 Å². The van der Waals surface area contributed by atoms with Crippen molar-refractivity contribution in [1.29, 1.82) is 0 Å². The van der Waals surface area contributed by atoms with Gasteiger partial charge in [0.2, 0.25) is 0 Å². The van der Waals surface area contributed by atoms with Gasteiger partial charge in [0.25, 0.3) is 0 Å². The molecule has 2 rings (SSSR count). The van der Waals surface area contributed by atoms with Gasteiger partial charge in [0.1, 0.15) is 5.82 Å². The molecule has 0 aliphatic rings. The van der Waals surface area contributed by atoms with Crippen LogP contribution in [0.5, 0.6) is 0 Å². The van der Waals surface area contributed by atoms with Gasteiger partial charge in [0.05, 0.1) is 23.4 Å². The van der Waals surface area contributed by atoms with Crippen LogP contribution in [-0.2, 0) is 10.9 Å². The number of halogens is 4.